The monoisotopic (exact) mass is 327 g/mol. The molecule has 1 aliphatic heterocycles. The van der Waals surface area contributed by atoms with Gasteiger partial charge in [-0.25, -0.2) is 0 Å². The van der Waals surface area contributed by atoms with Crippen molar-refractivity contribution in [3.8, 4) is 0 Å². The lowest BCUT2D eigenvalue weighted by molar-refractivity contribution is -0.132. The number of carbonyl (C=O) groups is 1. The summed E-state index contributed by atoms with van der Waals surface area (Å²) in [6, 6.07) is 2.00. The molecule has 0 unspecified atom stereocenters. The van der Waals surface area contributed by atoms with Crippen molar-refractivity contribution < 1.29 is 9.53 Å². The molecule has 0 aromatic carbocycles. The van der Waals surface area contributed by atoms with Gasteiger partial charge in [-0.1, -0.05) is 0 Å². The molecule has 0 saturated carbocycles. The Labute approximate surface area is 121 Å². The standard InChI is InChI=1S/C13H18BrN3O2/c14-11-5-10(6-16-8-11)7-17-9-13(12(15)18)1-3-19-4-2-13/h5-6,8,17H,1-4,7,9H2,(H2,15,18). The molecule has 3 N–H and O–H groups in total. The second-order valence-electron chi connectivity index (χ2n) is 4.87. The van der Waals surface area contributed by atoms with E-state index in [1.54, 1.807) is 12.4 Å². The van der Waals surface area contributed by atoms with Crippen LogP contribution >= 0.6 is 15.9 Å². The van der Waals surface area contributed by atoms with Crippen LogP contribution in [-0.2, 0) is 16.1 Å². The molecule has 19 heavy (non-hydrogen) atoms. The number of ether oxygens (including phenoxy) is 1. The first-order chi connectivity index (χ1) is 9.12. The lowest BCUT2D eigenvalue weighted by atomic mass is 9.79. The van der Waals surface area contributed by atoms with Gasteiger partial charge in [0.15, 0.2) is 0 Å². The molecule has 1 fully saturated rings. The van der Waals surface area contributed by atoms with Gasteiger partial charge in [0.05, 0.1) is 5.41 Å². The third-order valence-electron chi connectivity index (χ3n) is 3.53. The van der Waals surface area contributed by atoms with Crippen LogP contribution in [0.25, 0.3) is 0 Å². The van der Waals surface area contributed by atoms with E-state index in [1.165, 1.54) is 0 Å². The molecule has 2 heterocycles. The summed E-state index contributed by atoms with van der Waals surface area (Å²) in [5.74, 6) is -0.240. The fraction of sp³-hybridized carbons (Fsp3) is 0.538. The molecule has 1 aliphatic rings. The fourth-order valence-electron chi connectivity index (χ4n) is 2.27. The summed E-state index contributed by atoms with van der Waals surface area (Å²) in [5.41, 5.74) is 6.15. The maximum Gasteiger partial charge on any atom is 0.225 e. The topological polar surface area (TPSA) is 77.2 Å². The minimum atomic E-state index is -0.475. The largest absolute Gasteiger partial charge is 0.381 e. The van der Waals surface area contributed by atoms with Gasteiger partial charge in [-0.15, -0.1) is 0 Å². The summed E-state index contributed by atoms with van der Waals surface area (Å²) in [7, 11) is 0. The Hall–Kier alpha value is -0.980. The molecule has 1 saturated heterocycles. The van der Waals surface area contributed by atoms with Crippen molar-refractivity contribution in [2.24, 2.45) is 11.1 Å². The van der Waals surface area contributed by atoms with Gasteiger partial charge in [-0.2, -0.15) is 0 Å². The van der Waals surface area contributed by atoms with Gasteiger partial charge < -0.3 is 15.8 Å². The normalized spacial score (nSPS) is 18.2. The van der Waals surface area contributed by atoms with E-state index in [4.69, 9.17) is 10.5 Å². The van der Waals surface area contributed by atoms with Gasteiger partial charge in [-0.05, 0) is 40.4 Å². The molecule has 2 rings (SSSR count). The van der Waals surface area contributed by atoms with Gasteiger partial charge in [-0.3, -0.25) is 9.78 Å². The van der Waals surface area contributed by atoms with E-state index in [0.29, 0.717) is 39.1 Å². The van der Waals surface area contributed by atoms with Crippen LogP contribution in [0, 0.1) is 5.41 Å². The van der Waals surface area contributed by atoms with Gasteiger partial charge in [0.2, 0.25) is 5.91 Å². The lowest BCUT2D eigenvalue weighted by Gasteiger charge is -2.34. The number of nitrogens with one attached hydrogen (secondary N) is 1. The Balaban J connectivity index is 1.91. The molecule has 0 spiro atoms. The van der Waals surface area contributed by atoms with Crippen molar-refractivity contribution in [1.29, 1.82) is 0 Å². The maximum absolute atomic E-state index is 11.7. The third-order valence-corrected chi connectivity index (χ3v) is 3.96. The number of amides is 1. The van der Waals surface area contributed by atoms with Crippen LogP contribution in [0.1, 0.15) is 18.4 Å². The highest BCUT2D eigenvalue weighted by Gasteiger charge is 2.37. The minimum absolute atomic E-state index is 0.240. The number of pyridine rings is 1. The number of primary amides is 1. The third kappa shape index (κ3) is 3.75. The van der Waals surface area contributed by atoms with Crippen LogP contribution in [0.4, 0.5) is 0 Å². The highest BCUT2D eigenvalue weighted by molar-refractivity contribution is 9.10. The highest BCUT2D eigenvalue weighted by Crippen LogP contribution is 2.29. The van der Waals surface area contributed by atoms with Crippen LogP contribution in [-0.4, -0.2) is 30.6 Å². The zero-order valence-corrected chi connectivity index (χ0v) is 12.3. The SMILES string of the molecule is NC(=O)C1(CNCc2cncc(Br)c2)CCOCC1. The van der Waals surface area contributed by atoms with Gasteiger partial charge in [0, 0.05) is 43.2 Å². The number of aromatic nitrogens is 1. The van der Waals surface area contributed by atoms with Crippen LogP contribution in [0.5, 0.6) is 0 Å². The fourth-order valence-corrected chi connectivity index (χ4v) is 2.68. The molecule has 0 atom stereocenters. The lowest BCUT2D eigenvalue weighted by Crippen LogP contribution is -2.48. The average Bonchev–Trinajstić information content (AvgIpc) is 2.40. The Morgan fingerprint density at radius 2 is 2.21 bits per heavy atom. The molecule has 1 aromatic heterocycles. The van der Waals surface area contributed by atoms with Crippen LogP contribution in [0.2, 0.25) is 0 Å². The van der Waals surface area contributed by atoms with Gasteiger partial charge in [0.25, 0.3) is 0 Å². The summed E-state index contributed by atoms with van der Waals surface area (Å²) in [5, 5.41) is 3.30. The Kier molecular flexibility index (Phi) is 4.90. The number of hydrogen-bond acceptors (Lipinski definition) is 4. The number of rotatable bonds is 5. The van der Waals surface area contributed by atoms with Crippen molar-refractivity contribution >= 4 is 21.8 Å². The summed E-state index contributed by atoms with van der Waals surface area (Å²) >= 11 is 3.38. The number of hydrogen-bond donors (Lipinski definition) is 2. The molecule has 0 aliphatic carbocycles. The first-order valence-corrected chi connectivity index (χ1v) is 7.09. The van der Waals surface area contributed by atoms with Crippen molar-refractivity contribution in [1.82, 2.24) is 10.3 Å². The number of nitrogens with zero attached hydrogens (tertiary/aromatic N) is 1. The number of carbonyl (C=O) groups excluding carboxylic acids is 1. The van der Waals surface area contributed by atoms with E-state index in [1.807, 2.05) is 6.07 Å². The molecule has 1 amide bonds. The van der Waals surface area contributed by atoms with Crippen molar-refractivity contribution in [2.75, 3.05) is 19.8 Å². The van der Waals surface area contributed by atoms with E-state index in [2.05, 4.69) is 26.2 Å². The van der Waals surface area contributed by atoms with Crippen molar-refractivity contribution in [3.05, 3.63) is 28.5 Å². The average molecular weight is 328 g/mol. The Morgan fingerprint density at radius 1 is 1.47 bits per heavy atom. The number of nitrogens with two attached hydrogens (primary N) is 1. The molecule has 0 bridgehead atoms. The zero-order chi connectivity index (χ0) is 13.7. The molecular formula is C13H18BrN3O2. The second kappa shape index (κ2) is 6.45. The molecular weight excluding hydrogens is 310 g/mol. The first-order valence-electron chi connectivity index (χ1n) is 6.30. The predicted molar refractivity (Wildman–Crippen MR) is 75.3 cm³/mol. The van der Waals surface area contributed by atoms with Crippen LogP contribution in [0.3, 0.4) is 0 Å². The molecule has 0 radical (unpaired) electrons. The molecule has 1 aromatic rings. The molecule has 6 heteroatoms. The minimum Gasteiger partial charge on any atom is -0.381 e. The molecule has 104 valence electrons. The van der Waals surface area contributed by atoms with Gasteiger partial charge >= 0.3 is 0 Å². The maximum atomic E-state index is 11.7. The summed E-state index contributed by atoms with van der Waals surface area (Å²) in [6.07, 6.45) is 4.92. The van der Waals surface area contributed by atoms with Gasteiger partial charge in [0.1, 0.15) is 0 Å². The Morgan fingerprint density at radius 3 is 2.84 bits per heavy atom. The second-order valence-corrected chi connectivity index (χ2v) is 5.79. The quantitative estimate of drug-likeness (QED) is 0.852. The van der Waals surface area contributed by atoms with E-state index >= 15 is 0 Å². The van der Waals surface area contributed by atoms with Crippen molar-refractivity contribution in [2.45, 2.75) is 19.4 Å². The summed E-state index contributed by atoms with van der Waals surface area (Å²) in [4.78, 5) is 15.8. The highest BCUT2D eigenvalue weighted by atomic mass is 79.9. The van der Waals surface area contributed by atoms with E-state index in [-0.39, 0.29) is 5.91 Å². The number of halogens is 1. The summed E-state index contributed by atoms with van der Waals surface area (Å²) < 4.78 is 6.25. The van der Waals surface area contributed by atoms with Crippen LogP contribution in [0.15, 0.2) is 22.9 Å². The van der Waals surface area contributed by atoms with E-state index in [0.717, 1.165) is 10.0 Å². The predicted octanol–water partition coefficient (Wildman–Crippen LogP) is 1.22. The zero-order valence-electron chi connectivity index (χ0n) is 10.7. The first kappa shape index (κ1) is 14.4. The smallest absolute Gasteiger partial charge is 0.225 e. The van der Waals surface area contributed by atoms with Crippen molar-refractivity contribution in [3.63, 3.8) is 0 Å². The molecule has 5 nitrogen and oxygen atoms in total. The summed E-state index contributed by atoms with van der Waals surface area (Å²) in [6.45, 7) is 2.45. The van der Waals surface area contributed by atoms with E-state index in [9.17, 15) is 4.79 Å². The van der Waals surface area contributed by atoms with E-state index < -0.39 is 5.41 Å². The Bertz CT molecular complexity index is 447. The van der Waals surface area contributed by atoms with Crippen LogP contribution < -0.4 is 11.1 Å².